The van der Waals surface area contributed by atoms with Crippen LogP contribution in [0.25, 0.3) is 0 Å². The van der Waals surface area contributed by atoms with Crippen molar-refractivity contribution in [1.29, 1.82) is 0 Å². The number of nitrogens with zero attached hydrogens (tertiary/aromatic N) is 2. The highest BCUT2D eigenvalue weighted by molar-refractivity contribution is 5.78. The number of ether oxygens (including phenoxy) is 3. The normalized spacial score (nSPS) is 22.7. The summed E-state index contributed by atoms with van der Waals surface area (Å²) in [5.74, 6) is 0.0699. The first-order valence-electron chi connectivity index (χ1n) is 7.07. The van der Waals surface area contributed by atoms with Crippen molar-refractivity contribution in [2.24, 2.45) is 5.41 Å². The van der Waals surface area contributed by atoms with Gasteiger partial charge in [-0.1, -0.05) is 0 Å². The first-order valence-corrected chi connectivity index (χ1v) is 7.07. The van der Waals surface area contributed by atoms with E-state index in [9.17, 15) is 4.79 Å². The molecule has 2 saturated heterocycles. The van der Waals surface area contributed by atoms with Crippen molar-refractivity contribution in [3.8, 4) is 5.75 Å². The quantitative estimate of drug-likeness (QED) is 0.834. The minimum atomic E-state index is -0.515. The first-order chi connectivity index (χ1) is 9.98. The van der Waals surface area contributed by atoms with Crippen molar-refractivity contribution >= 4 is 5.91 Å². The highest BCUT2D eigenvalue weighted by Gasteiger charge is 2.50. The van der Waals surface area contributed by atoms with Crippen LogP contribution in [-0.2, 0) is 14.3 Å². The van der Waals surface area contributed by atoms with E-state index in [1.165, 1.54) is 0 Å². The smallest absolute Gasteiger partial charge is 0.260 e. The van der Waals surface area contributed by atoms with Crippen LogP contribution in [-0.4, -0.2) is 54.5 Å². The molecule has 2 aliphatic heterocycles. The summed E-state index contributed by atoms with van der Waals surface area (Å²) < 4.78 is 16.8. The summed E-state index contributed by atoms with van der Waals surface area (Å²) in [5.41, 5.74) is -0.0422. The molecule has 114 valence electrons. The molecule has 1 aromatic rings. The summed E-state index contributed by atoms with van der Waals surface area (Å²) >= 11 is 0. The van der Waals surface area contributed by atoms with Crippen LogP contribution in [0.4, 0.5) is 0 Å². The lowest BCUT2D eigenvalue weighted by atomic mass is 9.80. The average Bonchev–Trinajstić information content (AvgIpc) is 2.44. The second kappa shape index (κ2) is 5.27. The zero-order valence-electron chi connectivity index (χ0n) is 12.4. The van der Waals surface area contributed by atoms with Crippen molar-refractivity contribution in [1.82, 2.24) is 9.88 Å². The lowest BCUT2D eigenvalue weighted by Crippen LogP contribution is -2.66. The van der Waals surface area contributed by atoms with Gasteiger partial charge in [-0.25, -0.2) is 0 Å². The van der Waals surface area contributed by atoms with Crippen LogP contribution in [0.3, 0.4) is 0 Å². The van der Waals surface area contributed by atoms with Gasteiger partial charge in [0.15, 0.2) is 12.4 Å². The first kappa shape index (κ1) is 14.3. The van der Waals surface area contributed by atoms with E-state index < -0.39 is 5.79 Å². The molecule has 3 heterocycles. The standard InChI is InChI=1S/C15H20N2O4/c1-14(2)20-10-15(11-21-14)8-17(9-15)13(18)7-19-12-4-3-5-16-6-12/h3-6H,7-11H2,1-2H3. The molecule has 0 radical (unpaired) electrons. The van der Waals surface area contributed by atoms with Crippen LogP contribution in [0.1, 0.15) is 13.8 Å². The highest BCUT2D eigenvalue weighted by atomic mass is 16.7. The number of pyridine rings is 1. The van der Waals surface area contributed by atoms with Gasteiger partial charge in [-0.3, -0.25) is 9.78 Å². The Labute approximate surface area is 124 Å². The molecule has 1 spiro atoms. The van der Waals surface area contributed by atoms with E-state index >= 15 is 0 Å². The number of carbonyl (C=O) groups excluding carboxylic acids is 1. The third-order valence-electron chi connectivity index (χ3n) is 3.85. The van der Waals surface area contributed by atoms with Gasteiger partial charge in [0.05, 0.1) is 24.8 Å². The molecule has 6 nitrogen and oxygen atoms in total. The molecular formula is C15H20N2O4. The highest BCUT2D eigenvalue weighted by Crippen LogP contribution is 2.37. The third kappa shape index (κ3) is 3.16. The molecule has 6 heteroatoms. The Morgan fingerprint density at radius 1 is 1.38 bits per heavy atom. The number of carbonyl (C=O) groups is 1. The summed E-state index contributed by atoms with van der Waals surface area (Å²) in [7, 11) is 0. The number of amides is 1. The van der Waals surface area contributed by atoms with Gasteiger partial charge in [0.2, 0.25) is 0 Å². The second-order valence-electron chi connectivity index (χ2n) is 6.20. The summed E-state index contributed by atoms with van der Waals surface area (Å²) in [5, 5.41) is 0. The molecule has 0 atom stereocenters. The van der Waals surface area contributed by atoms with E-state index in [0.29, 0.717) is 32.1 Å². The Morgan fingerprint density at radius 3 is 2.71 bits per heavy atom. The Hall–Kier alpha value is -1.66. The topological polar surface area (TPSA) is 60.9 Å². The largest absolute Gasteiger partial charge is 0.482 e. The van der Waals surface area contributed by atoms with Crippen LogP contribution in [0, 0.1) is 5.41 Å². The van der Waals surface area contributed by atoms with Crippen molar-refractivity contribution in [2.75, 3.05) is 32.9 Å². The Bertz CT molecular complexity index is 500. The van der Waals surface area contributed by atoms with Crippen molar-refractivity contribution in [2.45, 2.75) is 19.6 Å². The predicted molar refractivity (Wildman–Crippen MR) is 74.7 cm³/mol. The Balaban J connectivity index is 1.45. The molecule has 21 heavy (non-hydrogen) atoms. The van der Waals surface area contributed by atoms with Gasteiger partial charge in [-0.05, 0) is 26.0 Å². The summed E-state index contributed by atoms with van der Waals surface area (Å²) in [6, 6.07) is 3.56. The van der Waals surface area contributed by atoms with Gasteiger partial charge in [0.1, 0.15) is 5.75 Å². The lowest BCUT2D eigenvalue weighted by molar-refractivity contribution is -0.303. The zero-order valence-corrected chi connectivity index (χ0v) is 12.4. The predicted octanol–water partition coefficient (Wildman–Crippen LogP) is 1.07. The monoisotopic (exact) mass is 292 g/mol. The maximum absolute atomic E-state index is 12.1. The fourth-order valence-electron chi connectivity index (χ4n) is 2.53. The second-order valence-corrected chi connectivity index (χ2v) is 6.20. The molecule has 0 N–H and O–H groups in total. The number of hydrogen-bond donors (Lipinski definition) is 0. The van der Waals surface area contributed by atoms with Crippen LogP contribution in [0.2, 0.25) is 0 Å². The molecule has 0 aliphatic carbocycles. The van der Waals surface area contributed by atoms with Crippen LogP contribution in [0.15, 0.2) is 24.5 Å². The van der Waals surface area contributed by atoms with Gasteiger partial charge in [-0.15, -0.1) is 0 Å². The molecule has 3 rings (SSSR count). The van der Waals surface area contributed by atoms with E-state index in [2.05, 4.69) is 4.98 Å². The third-order valence-corrected chi connectivity index (χ3v) is 3.85. The fraction of sp³-hybridized carbons (Fsp3) is 0.600. The zero-order chi connectivity index (χ0) is 14.9. The maximum Gasteiger partial charge on any atom is 0.260 e. The number of rotatable bonds is 3. The van der Waals surface area contributed by atoms with Crippen LogP contribution >= 0.6 is 0 Å². The maximum atomic E-state index is 12.1. The molecule has 0 bridgehead atoms. The molecule has 1 amide bonds. The van der Waals surface area contributed by atoms with Crippen molar-refractivity contribution in [3.05, 3.63) is 24.5 Å². The van der Waals surface area contributed by atoms with Crippen molar-refractivity contribution < 1.29 is 19.0 Å². The molecule has 2 fully saturated rings. The summed E-state index contributed by atoms with van der Waals surface area (Å²) in [6.45, 7) is 6.44. The van der Waals surface area contributed by atoms with Crippen LogP contribution < -0.4 is 4.74 Å². The number of aromatic nitrogens is 1. The van der Waals surface area contributed by atoms with E-state index in [4.69, 9.17) is 14.2 Å². The molecular weight excluding hydrogens is 272 g/mol. The number of hydrogen-bond acceptors (Lipinski definition) is 5. The van der Waals surface area contributed by atoms with Crippen LogP contribution in [0.5, 0.6) is 5.75 Å². The molecule has 0 aromatic carbocycles. The summed E-state index contributed by atoms with van der Waals surface area (Å²) in [6.07, 6.45) is 3.26. The average molecular weight is 292 g/mol. The SMILES string of the molecule is CC1(C)OCC2(CO1)CN(C(=O)COc1cccnc1)C2. The van der Waals surface area contributed by atoms with E-state index in [-0.39, 0.29) is 17.9 Å². The minimum absolute atomic E-state index is 0.0192. The number of likely N-dealkylation sites (tertiary alicyclic amines) is 1. The van der Waals surface area contributed by atoms with Gasteiger partial charge >= 0.3 is 0 Å². The molecule has 0 saturated carbocycles. The van der Waals surface area contributed by atoms with Gasteiger partial charge in [0, 0.05) is 19.3 Å². The van der Waals surface area contributed by atoms with E-state index in [1.807, 2.05) is 13.8 Å². The molecule has 1 aromatic heterocycles. The summed E-state index contributed by atoms with van der Waals surface area (Å²) in [4.78, 5) is 17.8. The van der Waals surface area contributed by atoms with Crippen molar-refractivity contribution in [3.63, 3.8) is 0 Å². The Kier molecular flexibility index (Phi) is 3.59. The van der Waals surface area contributed by atoms with Gasteiger partial charge < -0.3 is 19.1 Å². The van der Waals surface area contributed by atoms with Gasteiger partial charge in [0.25, 0.3) is 5.91 Å². The van der Waals surface area contributed by atoms with E-state index in [0.717, 1.165) is 0 Å². The molecule has 0 unspecified atom stereocenters. The fourth-order valence-corrected chi connectivity index (χ4v) is 2.53. The lowest BCUT2D eigenvalue weighted by Gasteiger charge is -2.53. The van der Waals surface area contributed by atoms with E-state index in [1.54, 1.807) is 29.4 Å². The molecule has 2 aliphatic rings. The minimum Gasteiger partial charge on any atom is -0.482 e. The van der Waals surface area contributed by atoms with Gasteiger partial charge in [-0.2, -0.15) is 0 Å². The Morgan fingerprint density at radius 2 is 2.10 bits per heavy atom.